The van der Waals surface area contributed by atoms with Crippen molar-refractivity contribution in [1.82, 2.24) is 14.6 Å². The van der Waals surface area contributed by atoms with Gasteiger partial charge in [-0.15, -0.1) is 16.4 Å². The van der Waals surface area contributed by atoms with Crippen LogP contribution < -0.4 is 24.3 Å². The topological polar surface area (TPSA) is 75.0 Å². The summed E-state index contributed by atoms with van der Waals surface area (Å²) >= 11 is 2.82. The highest BCUT2D eigenvalue weighted by Gasteiger charge is 2.15. The number of hydrogen-bond acceptors (Lipinski definition) is 8. The van der Waals surface area contributed by atoms with Crippen molar-refractivity contribution in [3.63, 3.8) is 0 Å². The first-order valence-corrected chi connectivity index (χ1v) is 9.59. The average molecular weight is 401 g/mol. The van der Waals surface area contributed by atoms with Gasteiger partial charge in [-0.3, -0.25) is 4.79 Å². The zero-order valence-electron chi connectivity index (χ0n) is 14.8. The van der Waals surface area contributed by atoms with Crippen LogP contribution in [0.3, 0.4) is 0 Å². The molecule has 0 atom stereocenters. The number of nitrogens with zero attached hydrogens (tertiary/aromatic N) is 3. The molecular weight excluding hydrogens is 386 g/mol. The van der Waals surface area contributed by atoms with E-state index in [-0.39, 0.29) is 5.56 Å². The van der Waals surface area contributed by atoms with E-state index in [0.29, 0.717) is 32.6 Å². The van der Waals surface area contributed by atoms with E-state index in [4.69, 9.17) is 14.2 Å². The van der Waals surface area contributed by atoms with Gasteiger partial charge >= 0.3 is 0 Å². The molecule has 9 heteroatoms. The number of rotatable bonds is 5. The summed E-state index contributed by atoms with van der Waals surface area (Å²) in [4.78, 5) is 18.7. The van der Waals surface area contributed by atoms with Crippen LogP contribution in [0.25, 0.3) is 21.7 Å². The smallest absolute Gasteiger partial charge is 0.291 e. The molecule has 0 aliphatic carbocycles. The summed E-state index contributed by atoms with van der Waals surface area (Å²) in [6.07, 6.45) is 1.76. The summed E-state index contributed by atoms with van der Waals surface area (Å²) in [5.74, 6) is 2.11. The standard InChI is InChI=1S/C18H15N3O4S2/c1-23-11-7-10(8-12(24-2)15(11)25-3)9-14-17(22)21-18(27-14)19-16(20-21)13-5-4-6-26-13/h4-9H,1-3H3. The Bertz CT molecular complexity index is 1190. The first-order chi connectivity index (χ1) is 13.1. The van der Waals surface area contributed by atoms with Crippen LogP contribution in [0.4, 0.5) is 0 Å². The molecule has 0 fully saturated rings. The maximum atomic E-state index is 12.7. The molecule has 0 saturated carbocycles. The lowest BCUT2D eigenvalue weighted by Crippen LogP contribution is -2.23. The molecule has 1 aromatic carbocycles. The Labute approximate surface area is 162 Å². The van der Waals surface area contributed by atoms with Crippen LogP contribution in [0, 0.1) is 0 Å². The Kier molecular flexibility index (Phi) is 4.54. The molecule has 0 amide bonds. The van der Waals surface area contributed by atoms with E-state index >= 15 is 0 Å². The lowest BCUT2D eigenvalue weighted by molar-refractivity contribution is 0.324. The second-order valence-corrected chi connectivity index (χ2v) is 7.44. The fraction of sp³-hybridized carbons (Fsp3) is 0.167. The maximum Gasteiger partial charge on any atom is 0.291 e. The van der Waals surface area contributed by atoms with Gasteiger partial charge in [-0.1, -0.05) is 17.4 Å². The summed E-state index contributed by atoms with van der Waals surface area (Å²) in [5, 5.41) is 6.29. The van der Waals surface area contributed by atoms with E-state index in [1.807, 2.05) is 17.5 Å². The number of aromatic nitrogens is 3. The van der Waals surface area contributed by atoms with Crippen molar-refractivity contribution in [2.24, 2.45) is 0 Å². The van der Waals surface area contributed by atoms with Crippen LogP contribution in [0.15, 0.2) is 34.4 Å². The predicted octanol–water partition coefficient (Wildman–Crippen LogP) is 2.45. The molecule has 0 aliphatic rings. The lowest BCUT2D eigenvalue weighted by atomic mass is 10.1. The number of ether oxygens (including phenoxy) is 3. The van der Waals surface area contributed by atoms with Gasteiger partial charge < -0.3 is 14.2 Å². The van der Waals surface area contributed by atoms with E-state index in [2.05, 4.69) is 10.1 Å². The zero-order chi connectivity index (χ0) is 19.0. The molecule has 4 rings (SSSR count). The van der Waals surface area contributed by atoms with Gasteiger partial charge in [0, 0.05) is 0 Å². The van der Waals surface area contributed by atoms with E-state index < -0.39 is 0 Å². The van der Waals surface area contributed by atoms with Gasteiger partial charge in [0.2, 0.25) is 10.7 Å². The molecule has 0 N–H and O–H groups in total. The van der Waals surface area contributed by atoms with Gasteiger partial charge in [0.15, 0.2) is 17.3 Å². The molecule has 0 unspecified atom stereocenters. The second-order valence-electron chi connectivity index (χ2n) is 5.48. The lowest BCUT2D eigenvalue weighted by Gasteiger charge is -2.12. The van der Waals surface area contributed by atoms with Crippen molar-refractivity contribution in [1.29, 1.82) is 0 Å². The van der Waals surface area contributed by atoms with Crippen molar-refractivity contribution in [2.45, 2.75) is 0 Å². The summed E-state index contributed by atoms with van der Waals surface area (Å²) in [7, 11) is 4.65. The Morgan fingerprint density at radius 2 is 1.85 bits per heavy atom. The number of thiazole rings is 1. The van der Waals surface area contributed by atoms with Crippen LogP contribution in [-0.4, -0.2) is 35.9 Å². The fourth-order valence-electron chi connectivity index (χ4n) is 2.68. The average Bonchev–Trinajstić information content (AvgIpc) is 3.40. The van der Waals surface area contributed by atoms with Crippen LogP contribution in [0.1, 0.15) is 5.56 Å². The zero-order valence-corrected chi connectivity index (χ0v) is 16.4. The minimum absolute atomic E-state index is 0.209. The number of benzene rings is 1. The molecule has 7 nitrogen and oxygen atoms in total. The highest BCUT2D eigenvalue weighted by molar-refractivity contribution is 7.15. The summed E-state index contributed by atoms with van der Waals surface area (Å²) in [6.45, 7) is 0. The number of methoxy groups -OCH3 is 3. The summed E-state index contributed by atoms with van der Waals surface area (Å²) in [6, 6.07) is 7.43. The van der Waals surface area contributed by atoms with E-state index in [9.17, 15) is 4.79 Å². The van der Waals surface area contributed by atoms with Crippen molar-refractivity contribution in [3.05, 3.63) is 50.1 Å². The second kappa shape index (κ2) is 7.01. The number of thiophene rings is 1. The molecule has 0 spiro atoms. The maximum absolute atomic E-state index is 12.7. The Hall–Kier alpha value is -2.91. The van der Waals surface area contributed by atoms with Gasteiger partial charge in [-0.25, -0.2) is 0 Å². The van der Waals surface area contributed by atoms with Crippen molar-refractivity contribution < 1.29 is 14.2 Å². The van der Waals surface area contributed by atoms with E-state index in [0.717, 1.165) is 10.4 Å². The Morgan fingerprint density at radius 1 is 1.11 bits per heavy atom. The van der Waals surface area contributed by atoms with Crippen LogP contribution in [-0.2, 0) is 0 Å². The first kappa shape index (κ1) is 17.5. The minimum atomic E-state index is -0.209. The molecule has 0 aliphatic heterocycles. The monoisotopic (exact) mass is 401 g/mol. The highest BCUT2D eigenvalue weighted by atomic mass is 32.1. The third kappa shape index (κ3) is 3.04. The first-order valence-electron chi connectivity index (χ1n) is 7.89. The number of fused-ring (bicyclic) bond motifs is 1. The fourth-order valence-corrected chi connectivity index (χ4v) is 4.24. The van der Waals surface area contributed by atoms with Crippen molar-refractivity contribution >= 4 is 33.7 Å². The molecule has 138 valence electrons. The molecule has 0 bridgehead atoms. The molecule has 3 aromatic heterocycles. The van der Waals surface area contributed by atoms with Crippen molar-refractivity contribution in [2.75, 3.05) is 21.3 Å². The molecule has 27 heavy (non-hydrogen) atoms. The van der Waals surface area contributed by atoms with Gasteiger partial charge in [-0.2, -0.15) is 9.50 Å². The molecule has 0 radical (unpaired) electrons. The van der Waals surface area contributed by atoms with Crippen LogP contribution >= 0.6 is 22.7 Å². The molecule has 0 saturated heterocycles. The Morgan fingerprint density at radius 3 is 2.41 bits per heavy atom. The minimum Gasteiger partial charge on any atom is -0.493 e. The molecular formula is C18H15N3O4S2. The third-order valence-electron chi connectivity index (χ3n) is 3.91. The van der Waals surface area contributed by atoms with Gasteiger partial charge in [-0.05, 0) is 35.2 Å². The van der Waals surface area contributed by atoms with E-state index in [1.165, 1.54) is 27.2 Å². The molecule has 4 aromatic rings. The highest BCUT2D eigenvalue weighted by Crippen LogP contribution is 2.38. The Balaban J connectivity index is 1.83. The van der Waals surface area contributed by atoms with Crippen LogP contribution in [0.2, 0.25) is 0 Å². The third-order valence-corrected chi connectivity index (χ3v) is 5.73. The summed E-state index contributed by atoms with van der Waals surface area (Å²) < 4.78 is 17.9. The molecule has 3 heterocycles. The largest absolute Gasteiger partial charge is 0.493 e. The van der Waals surface area contributed by atoms with Gasteiger partial charge in [0.05, 0.1) is 30.7 Å². The van der Waals surface area contributed by atoms with Gasteiger partial charge in [0.25, 0.3) is 5.56 Å². The quantitative estimate of drug-likeness (QED) is 0.511. The van der Waals surface area contributed by atoms with Gasteiger partial charge in [0.1, 0.15) is 0 Å². The van der Waals surface area contributed by atoms with Crippen molar-refractivity contribution in [3.8, 4) is 28.0 Å². The SMILES string of the molecule is COc1cc(C=c2sc3nc(-c4cccs4)nn3c2=O)cc(OC)c1OC. The summed E-state index contributed by atoms with van der Waals surface area (Å²) in [5.41, 5.74) is 0.545. The normalized spacial score (nSPS) is 11.9. The van der Waals surface area contributed by atoms with Crippen LogP contribution in [0.5, 0.6) is 17.2 Å². The number of hydrogen-bond donors (Lipinski definition) is 0. The van der Waals surface area contributed by atoms with E-state index in [1.54, 1.807) is 39.5 Å². The predicted molar refractivity (Wildman–Crippen MR) is 105 cm³/mol.